The molecule has 2 nitrogen and oxygen atoms in total. The van der Waals surface area contributed by atoms with Crippen LogP contribution in [-0.2, 0) is 5.41 Å². The molecule has 0 radical (unpaired) electrons. The van der Waals surface area contributed by atoms with Crippen molar-refractivity contribution in [3.8, 4) is 11.5 Å². The lowest BCUT2D eigenvalue weighted by molar-refractivity contribution is 0.422. The lowest BCUT2D eigenvalue weighted by Gasteiger charge is -2.31. The van der Waals surface area contributed by atoms with Crippen LogP contribution in [-0.4, -0.2) is 10.2 Å². The third-order valence-corrected chi connectivity index (χ3v) is 3.29. The molecule has 0 aromatic heterocycles. The zero-order valence-electron chi connectivity index (χ0n) is 9.35. The van der Waals surface area contributed by atoms with Crippen molar-refractivity contribution < 1.29 is 10.2 Å². The Morgan fingerprint density at radius 2 is 2.06 bits per heavy atom. The number of hydrogen-bond donors (Lipinski definition) is 2. The van der Waals surface area contributed by atoms with Crippen molar-refractivity contribution in [1.29, 1.82) is 0 Å². The number of phenolic OH excluding ortho intramolecular Hbond substituents is 2. The van der Waals surface area contributed by atoms with E-state index >= 15 is 0 Å². The van der Waals surface area contributed by atoms with Crippen molar-refractivity contribution in [3.63, 3.8) is 0 Å². The predicted octanol–water partition coefficient (Wildman–Crippen LogP) is 3.26. The highest BCUT2D eigenvalue weighted by atomic mass is 16.3. The first-order chi connectivity index (χ1) is 7.68. The Bertz CT molecular complexity index is 446. The van der Waals surface area contributed by atoms with Gasteiger partial charge in [0.1, 0.15) is 11.5 Å². The zero-order valence-corrected chi connectivity index (χ0v) is 9.35. The molecule has 1 aromatic rings. The summed E-state index contributed by atoms with van der Waals surface area (Å²) in [5.74, 6) is 0.268. The molecule has 0 spiro atoms. The molecule has 1 aliphatic carbocycles. The minimum atomic E-state index is -0.132. The van der Waals surface area contributed by atoms with E-state index in [2.05, 4.69) is 19.1 Å². The van der Waals surface area contributed by atoms with Gasteiger partial charge in [0.2, 0.25) is 0 Å². The molecule has 1 aliphatic rings. The van der Waals surface area contributed by atoms with Gasteiger partial charge in [0.05, 0.1) is 0 Å². The molecule has 16 heavy (non-hydrogen) atoms. The fraction of sp³-hybridized carbons (Fsp3) is 0.286. The van der Waals surface area contributed by atoms with Gasteiger partial charge in [-0.1, -0.05) is 37.3 Å². The molecular formula is C14H16O2. The van der Waals surface area contributed by atoms with E-state index in [0.29, 0.717) is 0 Å². The highest BCUT2D eigenvalue weighted by Crippen LogP contribution is 2.41. The number of allylic oxidation sites excluding steroid dienone is 4. The van der Waals surface area contributed by atoms with Crippen LogP contribution in [0.1, 0.15) is 25.3 Å². The van der Waals surface area contributed by atoms with Gasteiger partial charge in [0.15, 0.2) is 0 Å². The molecule has 0 heterocycles. The van der Waals surface area contributed by atoms with Crippen LogP contribution in [0.4, 0.5) is 0 Å². The summed E-state index contributed by atoms with van der Waals surface area (Å²) in [5.41, 5.74) is 0.750. The van der Waals surface area contributed by atoms with E-state index in [1.807, 2.05) is 12.2 Å². The van der Waals surface area contributed by atoms with E-state index < -0.39 is 0 Å². The Morgan fingerprint density at radius 3 is 2.62 bits per heavy atom. The van der Waals surface area contributed by atoms with E-state index in [1.165, 1.54) is 6.07 Å². The van der Waals surface area contributed by atoms with Crippen molar-refractivity contribution in [2.24, 2.45) is 0 Å². The number of phenols is 2. The van der Waals surface area contributed by atoms with Crippen LogP contribution in [0.2, 0.25) is 0 Å². The predicted molar refractivity (Wildman–Crippen MR) is 64.6 cm³/mol. The summed E-state index contributed by atoms with van der Waals surface area (Å²) in [6.07, 6.45) is 10.1. The first-order valence-corrected chi connectivity index (χ1v) is 5.55. The Balaban J connectivity index is 2.48. The molecular weight excluding hydrogens is 200 g/mol. The highest BCUT2D eigenvalue weighted by Gasteiger charge is 2.29. The first-order valence-electron chi connectivity index (χ1n) is 5.55. The third-order valence-electron chi connectivity index (χ3n) is 3.29. The van der Waals surface area contributed by atoms with Crippen molar-refractivity contribution in [3.05, 3.63) is 48.1 Å². The molecule has 1 atom stereocenters. The lowest BCUT2D eigenvalue weighted by Crippen LogP contribution is -2.23. The van der Waals surface area contributed by atoms with E-state index in [9.17, 15) is 10.2 Å². The first kappa shape index (κ1) is 10.8. The number of aromatic hydroxyl groups is 2. The summed E-state index contributed by atoms with van der Waals surface area (Å²) in [6, 6.07) is 4.83. The normalized spacial score (nSPS) is 23.6. The van der Waals surface area contributed by atoms with Crippen LogP contribution in [0, 0.1) is 0 Å². The summed E-state index contributed by atoms with van der Waals surface area (Å²) in [7, 11) is 0. The second-order valence-corrected chi connectivity index (χ2v) is 4.20. The molecule has 2 N–H and O–H groups in total. The number of rotatable bonds is 2. The van der Waals surface area contributed by atoms with Gasteiger partial charge < -0.3 is 10.2 Å². The minimum absolute atomic E-state index is 0.0998. The minimum Gasteiger partial charge on any atom is -0.508 e. The molecule has 2 heteroatoms. The summed E-state index contributed by atoms with van der Waals surface area (Å²) >= 11 is 0. The van der Waals surface area contributed by atoms with Crippen LogP contribution in [0.15, 0.2) is 42.5 Å². The molecule has 1 aromatic carbocycles. The van der Waals surface area contributed by atoms with Crippen LogP contribution < -0.4 is 0 Å². The Labute approximate surface area is 95.6 Å². The molecule has 0 saturated carbocycles. The van der Waals surface area contributed by atoms with Gasteiger partial charge in [-0.15, -0.1) is 0 Å². The van der Waals surface area contributed by atoms with E-state index in [1.54, 1.807) is 12.1 Å². The molecule has 2 rings (SSSR count). The van der Waals surface area contributed by atoms with E-state index in [0.717, 1.165) is 18.4 Å². The zero-order chi connectivity index (χ0) is 11.6. The Morgan fingerprint density at radius 1 is 1.25 bits per heavy atom. The SMILES string of the molecule is CCC1(c2ccc(O)cc2O)C=CC=CC1. The van der Waals surface area contributed by atoms with Crippen LogP contribution in [0.5, 0.6) is 11.5 Å². The molecule has 0 bridgehead atoms. The third kappa shape index (κ3) is 1.71. The van der Waals surface area contributed by atoms with Crippen LogP contribution in [0.3, 0.4) is 0 Å². The van der Waals surface area contributed by atoms with E-state index in [4.69, 9.17) is 0 Å². The quantitative estimate of drug-likeness (QED) is 0.796. The monoisotopic (exact) mass is 216 g/mol. The fourth-order valence-corrected chi connectivity index (χ4v) is 2.26. The van der Waals surface area contributed by atoms with Gasteiger partial charge in [0, 0.05) is 17.0 Å². The summed E-state index contributed by atoms with van der Waals surface area (Å²) in [5, 5.41) is 19.2. The van der Waals surface area contributed by atoms with Crippen LogP contribution in [0.25, 0.3) is 0 Å². The van der Waals surface area contributed by atoms with Crippen molar-refractivity contribution in [1.82, 2.24) is 0 Å². The maximum absolute atomic E-state index is 9.92. The van der Waals surface area contributed by atoms with Gasteiger partial charge in [-0.05, 0) is 18.9 Å². The molecule has 0 fully saturated rings. The number of hydrogen-bond acceptors (Lipinski definition) is 2. The lowest BCUT2D eigenvalue weighted by atomic mass is 9.73. The van der Waals surface area contributed by atoms with Gasteiger partial charge in [-0.2, -0.15) is 0 Å². The summed E-state index contributed by atoms with van der Waals surface area (Å²) in [4.78, 5) is 0. The average Bonchev–Trinajstić information content (AvgIpc) is 2.30. The Kier molecular flexibility index (Phi) is 2.73. The molecule has 0 saturated heterocycles. The highest BCUT2D eigenvalue weighted by molar-refractivity contribution is 5.47. The van der Waals surface area contributed by atoms with Gasteiger partial charge in [-0.25, -0.2) is 0 Å². The van der Waals surface area contributed by atoms with Gasteiger partial charge in [0.25, 0.3) is 0 Å². The molecule has 0 amide bonds. The topological polar surface area (TPSA) is 40.5 Å². The second kappa shape index (κ2) is 4.05. The maximum Gasteiger partial charge on any atom is 0.123 e. The molecule has 84 valence electrons. The summed E-state index contributed by atoms with van der Waals surface area (Å²) < 4.78 is 0. The molecule has 0 aliphatic heterocycles. The second-order valence-electron chi connectivity index (χ2n) is 4.20. The van der Waals surface area contributed by atoms with Crippen molar-refractivity contribution >= 4 is 0 Å². The smallest absolute Gasteiger partial charge is 0.123 e. The standard InChI is InChI=1S/C14H16O2/c1-2-14(8-4-3-5-9-14)12-7-6-11(15)10-13(12)16/h3-8,10,15-16H,2,9H2,1H3. The largest absolute Gasteiger partial charge is 0.508 e. The van der Waals surface area contributed by atoms with E-state index in [-0.39, 0.29) is 16.9 Å². The summed E-state index contributed by atoms with van der Waals surface area (Å²) in [6.45, 7) is 2.11. The fourth-order valence-electron chi connectivity index (χ4n) is 2.26. The van der Waals surface area contributed by atoms with Gasteiger partial charge in [-0.3, -0.25) is 0 Å². The maximum atomic E-state index is 9.92. The number of benzene rings is 1. The van der Waals surface area contributed by atoms with Crippen LogP contribution >= 0.6 is 0 Å². The molecule has 1 unspecified atom stereocenters. The van der Waals surface area contributed by atoms with Crippen molar-refractivity contribution in [2.45, 2.75) is 25.2 Å². The Hall–Kier alpha value is -1.70. The average molecular weight is 216 g/mol. The van der Waals surface area contributed by atoms with Gasteiger partial charge >= 0.3 is 0 Å². The van der Waals surface area contributed by atoms with Crippen molar-refractivity contribution in [2.75, 3.05) is 0 Å².